The summed E-state index contributed by atoms with van der Waals surface area (Å²) in [7, 11) is 0. The Morgan fingerprint density at radius 2 is 1.26 bits per heavy atom. The zero-order valence-electron chi connectivity index (χ0n) is 11.4. The molecule has 0 heterocycles. The van der Waals surface area contributed by atoms with Gasteiger partial charge in [-0.2, -0.15) is 0 Å². The van der Waals surface area contributed by atoms with Crippen LogP contribution >= 0.6 is 0 Å². The average Bonchev–Trinajstić information content (AvgIpc) is 2.43. The number of benzene rings is 2. The Hall–Kier alpha value is -1.93. The molecule has 0 aliphatic rings. The van der Waals surface area contributed by atoms with Crippen LogP contribution in [0.25, 0.3) is 0 Å². The maximum atomic E-state index is 8.99. The highest BCUT2D eigenvalue weighted by atomic mass is 16.3. The number of hydrogen-bond donors (Lipinski definition) is 1. The van der Waals surface area contributed by atoms with Crippen molar-refractivity contribution in [3.05, 3.63) is 70.8 Å². The summed E-state index contributed by atoms with van der Waals surface area (Å²) in [4.78, 5) is 4.51. The SMILES string of the molecule is Cc1ccc(C(=NCCO)c2ccc(C)cc2)cc1. The molecule has 0 radical (unpaired) electrons. The number of aliphatic hydroxyl groups is 1. The first-order valence-corrected chi connectivity index (χ1v) is 6.50. The second-order valence-electron chi connectivity index (χ2n) is 4.69. The van der Waals surface area contributed by atoms with Crippen LogP contribution in [0.2, 0.25) is 0 Å². The van der Waals surface area contributed by atoms with Crippen molar-refractivity contribution in [3.8, 4) is 0 Å². The molecule has 0 spiro atoms. The van der Waals surface area contributed by atoms with E-state index in [1.54, 1.807) is 0 Å². The van der Waals surface area contributed by atoms with E-state index in [9.17, 15) is 0 Å². The summed E-state index contributed by atoms with van der Waals surface area (Å²) in [5, 5.41) is 8.99. The van der Waals surface area contributed by atoms with Crippen LogP contribution in [-0.2, 0) is 0 Å². The summed E-state index contributed by atoms with van der Waals surface area (Å²) in [5.41, 5.74) is 5.57. The molecule has 2 heteroatoms. The van der Waals surface area contributed by atoms with Crippen LogP contribution in [0.15, 0.2) is 53.5 Å². The number of nitrogens with zero attached hydrogens (tertiary/aromatic N) is 1. The minimum Gasteiger partial charge on any atom is -0.394 e. The Morgan fingerprint density at radius 1 is 0.842 bits per heavy atom. The summed E-state index contributed by atoms with van der Waals surface area (Å²) in [5.74, 6) is 0. The first-order valence-electron chi connectivity index (χ1n) is 6.50. The second-order valence-corrected chi connectivity index (χ2v) is 4.69. The molecule has 2 nitrogen and oxygen atoms in total. The molecule has 0 aliphatic carbocycles. The first kappa shape index (κ1) is 13.5. The number of rotatable bonds is 4. The van der Waals surface area contributed by atoms with Crippen LogP contribution in [-0.4, -0.2) is 24.0 Å². The highest BCUT2D eigenvalue weighted by molar-refractivity contribution is 6.12. The van der Waals surface area contributed by atoms with E-state index in [2.05, 4.69) is 67.4 Å². The lowest BCUT2D eigenvalue weighted by Crippen LogP contribution is -2.06. The van der Waals surface area contributed by atoms with Crippen molar-refractivity contribution in [2.75, 3.05) is 13.2 Å². The molecule has 2 aromatic carbocycles. The highest BCUT2D eigenvalue weighted by Crippen LogP contribution is 2.13. The lowest BCUT2D eigenvalue weighted by Gasteiger charge is -2.08. The Kier molecular flexibility index (Phi) is 4.48. The highest BCUT2D eigenvalue weighted by Gasteiger charge is 2.06. The van der Waals surface area contributed by atoms with Crippen molar-refractivity contribution in [1.29, 1.82) is 0 Å². The fourth-order valence-corrected chi connectivity index (χ4v) is 1.93. The topological polar surface area (TPSA) is 32.6 Å². The van der Waals surface area contributed by atoms with Gasteiger partial charge in [0.15, 0.2) is 0 Å². The van der Waals surface area contributed by atoms with Crippen molar-refractivity contribution in [3.63, 3.8) is 0 Å². The van der Waals surface area contributed by atoms with E-state index >= 15 is 0 Å². The van der Waals surface area contributed by atoms with E-state index in [1.807, 2.05) is 0 Å². The lowest BCUT2D eigenvalue weighted by atomic mass is 10.0. The molecular weight excluding hydrogens is 234 g/mol. The molecule has 0 atom stereocenters. The van der Waals surface area contributed by atoms with Crippen molar-refractivity contribution in [2.45, 2.75) is 13.8 Å². The van der Waals surface area contributed by atoms with Gasteiger partial charge in [0, 0.05) is 11.1 Å². The van der Waals surface area contributed by atoms with E-state index in [0.29, 0.717) is 6.54 Å². The summed E-state index contributed by atoms with van der Waals surface area (Å²) < 4.78 is 0. The van der Waals surface area contributed by atoms with E-state index in [1.165, 1.54) is 11.1 Å². The van der Waals surface area contributed by atoms with E-state index in [-0.39, 0.29) is 6.61 Å². The second kappa shape index (κ2) is 6.30. The van der Waals surface area contributed by atoms with Gasteiger partial charge in [0.25, 0.3) is 0 Å². The Morgan fingerprint density at radius 3 is 1.63 bits per heavy atom. The predicted molar refractivity (Wildman–Crippen MR) is 79.9 cm³/mol. The van der Waals surface area contributed by atoms with Gasteiger partial charge in [-0.3, -0.25) is 4.99 Å². The smallest absolute Gasteiger partial charge is 0.0719 e. The van der Waals surface area contributed by atoms with Crippen LogP contribution < -0.4 is 0 Å². The zero-order chi connectivity index (χ0) is 13.7. The minimum atomic E-state index is 0.0707. The predicted octanol–water partition coefficient (Wildman–Crippen LogP) is 3.13. The van der Waals surface area contributed by atoms with Crippen LogP contribution in [0.5, 0.6) is 0 Å². The zero-order valence-corrected chi connectivity index (χ0v) is 11.4. The van der Waals surface area contributed by atoms with Gasteiger partial charge in [-0.25, -0.2) is 0 Å². The molecule has 2 aromatic rings. The fourth-order valence-electron chi connectivity index (χ4n) is 1.93. The Balaban J connectivity index is 2.41. The maximum Gasteiger partial charge on any atom is 0.0719 e. The molecule has 1 N–H and O–H groups in total. The molecule has 0 aliphatic heterocycles. The number of aryl methyl sites for hydroxylation is 2. The van der Waals surface area contributed by atoms with Crippen LogP contribution in [0.1, 0.15) is 22.3 Å². The van der Waals surface area contributed by atoms with E-state index in [4.69, 9.17) is 5.11 Å². The molecule has 0 bridgehead atoms. The average molecular weight is 253 g/mol. The molecule has 0 unspecified atom stereocenters. The molecule has 19 heavy (non-hydrogen) atoms. The van der Waals surface area contributed by atoms with Crippen molar-refractivity contribution in [1.82, 2.24) is 0 Å². The molecule has 0 saturated heterocycles. The summed E-state index contributed by atoms with van der Waals surface area (Å²) in [6.45, 7) is 4.64. The molecule has 2 rings (SSSR count). The van der Waals surface area contributed by atoms with E-state index < -0.39 is 0 Å². The van der Waals surface area contributed by atoms with Gasteiger partial charge in [-0.05, 0) is 13.8 Å². The van der Waals surface area contributed by atoms with Gasteiger partial charge in [0.1, 0.15) is 0 Å². The van der Waals surface area contributed by atoms with Gasteiger partial charge in [-0.15, -0.1) is 0 Å². The molecule has 0 saturated carbocycles. The van der Waals surface area contributed by atoms with Crippen molar-refractivity contribution < 1.29 is 5.11 Å². The number of aliphatic hydroxyl groups excluding tert-OH is 1. The monoisotopic (exact) mass is 253 g/mol. The molecule has 0 fully saturated rings. The van der Waals surface area contributed by atoms with Gasteiger partial charge in [0.2, 0.25) is 0 Å². The Labute approximate surface area is 114 Å². The molecular formula is C17H19NO. The summed E-state index contributed by atoms with van der Waals surface area (Å²) >= 11 is 0. The largest absolute Gasteiger partial charge is 0.394 e. The number of hydrogen-bond acceptors (Lipinski definition) is 2. The van der Waals surface area contributed by atoms with Crippen LogP contribution in [0.4, 0.5) is 0 Å². The minimum absolute atomic E-state index is 0.0707. The fraction of sp³-hybridized carbons (Fsp3) is 0.235. The van der Waals surface area contributed by atoms with Crippen LogP contribution in [0.3, 0.4) is 0 Å². The molecule has 0 aromatic heterocycles. The van der Waals surface area contributed by atoms with Crippen LogP contribution in [0, 0.1) is 13.8 Å². The van der Waals surface area contributed by atoms with Gasteiger partial charge >= 0.3 is 0 Å². The number of aliphatic imine (C=N–C) groups is 1. The first-order chi connectivity index (χ1) is 9.20. The third kappa shape index (κ3) is 3.52. The molecule has 0 amide bonds. The summed E-state index contributed by atoms with van der Waals surface area (Å²) in [6, 6.07) is 16.6. The molecule has 98 valence electrons. The third-order valence-electron chi connectivity index (χ3n) is 3.02. The van der Waals surface area contributed by atoms with Gasteiger partial charge in [-0.1, -0.05) is 59.7 Å². The van der Waals surface area contributed by atoms with Gasteiger partial charge in [0.05, 0.1) is 18.9 Å². The standard InChI is InChI=1S/C17H19NO/c1-13-3-7-15(8-4-13)17(18-11-12-19)16-9-5-14(2)6-10-16/h3-10,19H,11-12H2,1-2H3. The quantitative estimate of drug-likeness (QED) is 0.834. The summed E-state index contributed by atoms with van der Waals surface area (Å²) in [6.07, 6.45) is 0. The lowest BCUT2D eigenvalue weighted by molar-refractivity contribution is 0.307. The third-order valence-corrected chi connectivity index (χ3v) is 3.02. The Bertz CT molecular complexity index is 505. The normalized spacial score (nSPS) is 10.3. The van der Waals surface area contributed by atoms with Crippen molar-refractivity contribution >= 4 is 5.71 Å². The maximum absolute atomic E-state index is 8.99. The van der Waals surface area contributed by atoms with E-state index in [0.717, 1.165) is 16.8 Å². The van der Waals surface area contributed by atoms with Gasteiger partial charge < -0.3 is 5.11 Å². The van der Waals surface area contributed by atoms with Crippen molar-refractivity contribution in [2.24, 2.45) is 4.99 Å².